The maximum Gasteiger partial charge on any atom is 0.325 e. The summed E-state index contributed by atoms with van der Waals surface area (Å²) in [4.78, 5) is 17.0. The molecule has 0 aliphatic heterocycles. The zero-order chi connectivity index (χ0) is 15.7. The average molecular weight is 289 g/mol. The Hall–Kier alpha value is -2.55. The lowest BCUT2D eigenvalue weighted by atomic mass is 10.2. The number of rotatable bonds is 6. The molecule has 0 bridgehead atoms. The van der Waals surface area contributed by atoms with Crippen LogP contribution < -0.4 is 4.74 Å². The van der Waals surface area contributed by atoms with Crippen LogP contribution >= 0.6 is 0 Å². The molecule has 0 amide bonds. The van der Waals surface area contributed by atoms with Gasteiger partial charge in [-0.05, 0) is 31.5 Å². The van der Waals surface area contributed by atoms with Crippen LogP contribution in [0.5, 0.6) is 5.75 Å². The molecule has 0 spiro atoms. The molecule has 0 saturated heterocycles. The predicted octanol–water partition coefficient (Wildman–Crippen LogP) is 1.96. The molecule has 0 heterocycles. The highest BCUT2D eigenvalue weighted by atomic mass is 16.5. The Bertz CT molecular complexity index is 532. The van der Waals surface area contributed by atoms with Crippen LogP contribution in [0.4, 0.5) is 0 Å². The van der Waals surface area contributed by atoms with Crippen molar-refractivity contribution < 1.29 is 14.3 Å². The van der Waals surface area contributed by atoms with Crippen molar-refractivity contribution in [3.05, 3.63) is 29.8 Å². The van der Waals surface area contributed by atoms with Gasteiger partial charge in [-0.2, -0.15) is 10.3 Å². The minimum absolute atomic E-state index is 0.0525. The van der Waals surface area contributed by atoms with Gasteiger partial charge in [-0.25, -0.2) is 0 Å². The Balaban J connectivity index is 2.83. The third-order valence-corrected chi connectivity index (χ3v) is 2.83. The molecule has 6 heteroatoms. The maximum atomic E-state index is 11.6. The summed E-state index contributed by atoms with van der Waals surface area (Å²) in [5, 5.41) is 8.66. The van der Waals surface area contributed by atoms with Crippen LogP contribution in [0.15, 0.2) is 29.3 Å². The Morgan fingerprint density at radius 2 is 2.05 bits per heavy atom. The lowest BCUT2D eigenvalue weighted by Gasteiger charge is -2.22. The molecule has 21 heavy (non-hydrogen) atoms. The zero-order valence-corrected chi connectivity index (χ0v) is 12.5. The number of aliphatic imine (C=N–C) groups is 1. The molecule has 0 atom stereocenters. The fourth-order valence-electron chi connectivity index (χ4n) is 1.74. The largest absolute Gasteiger partial charge is 0.497 e. The molecular formula is C15H19N3O3. The highest BCUT2D eigenvalue weighted by molar-refractivity contribution is 5.84. The molecule has 0 radical (unpaired) electrons. The number of hydrogen-bond donors (Lipinski definition) is 0. The van der Waals surface area contributed by atoms with E-state index in [0.29, 0.717) is 19.0 Å². The Morgan fingerprint density at radius 3 is 2.57 bits per heavy atom. The molecule has 0 saturated carbocycles. The summed E-state index contributed by atoms with van der Waals surface area (Å²) >= 11 is 0. The number of hydrogen-bond acceptors (Lipinski definition) is 5. The molecule has 0 N–H and O–H groups in total. The van der Waals surface area contributed by atoms with Crippen LogP contribution in [0.3, 0.4) is 0 Å². The summed E-state index contributed by atoms with van der Waals surface area (Å²) in [7, 11) is 1.60. The third-order valence-electron chi connectivity index (χ3n) is 2.83. The first kappa shape index (κ1) is 16.5. The van der Waals surface area contributed by atoms with Crippen molar-refractivity contribution >= 4 is 11.8 Å². The van der Waals surface area contributed by atoms with E-state index >= 15 is 0 Å². The number of amidine groups is 1. The van der Waals surface area contributed by atoms with E-state index in [0.717, 1.165) is 11.3 Å². The SMILES string of the molecule is CCOC(=O)CN(Cc1ccc(OC)cc1)/C(C)=N\C#N. The lowest BCUT2D eigenvalue weighted by Crippen LogP contribution is -2.34. The normalized spacial score (nSPS) is 10.7. The van der Waals surface area contributed by atoms with E-state index < -0.39 is 0 Å². The average Bonchev–Trinajstić information content (AvgIpc) is 2.48. The molecule has 0 unspecified atom stereocenters. The number of methoxy groups -OCH3 is 1. The summed E-state index contributed by atoms with van der Waals surface area (Å²) in [5.74, 6) is 0.887. The smallest absolute Gasteiger partial charge is 0.325 e. The predicted molar refractivity (Wildman–Crippen MR) is 78.8 cm³/mol. The van der Waals surface area contributed by atoms with Gasteiger partial charge in [0.2, 0.25) is 6.19 Å². The standard InChI is InChI=1S/C15H19N3O3/c1-4-21-15(19)10-18(12(2)17-11-16)9-13-5-7-14(20-3)8-6-13/h5-8H,4,9-10H2,1-3H3/b17-12-. The highest BCUT2D eigenvalue weighted by Gasteiger charge is 2.14. The van der Waals surface area contributed by atoms with Gasteiger partial charge < -0.3 is 14.4 Å². The summed E-state index contributed by atoms with van der Waals surface area (Å²) < 4.78 is 10.0. The van der Waals surface area contributed by atoms with E-state index in [2.05, 4.69) is 4.99 Å². The first-order chi connectivity index (χ1) is 10.1. The van der Waals surface area contributed by atoms with Crippen molar-refractivity contribution in [2.75, 3.05) is 20.3 Å². The van der Waals surface area contributed by atoms with E-state index in [4.69, 9.17) is 14.7 Å². The second kappa shape index (κ2) is 8.59. The Morgan fingerprint density at radius 1 is 1.38 bits per heavy atom. The third kappa shape index (κ3) is 5.53. The van der Waals surface area contributed by atoms with Gasteiger partial charge in [0, 0.05) is 6.54 Å². The number of esters is 1. The number of nitrogens with zero attached hydrogens (tertiary/aromatic N) is 3. The van der Waals surface area contributed by atoms with Crippen molar-refractivity contribution in [2.24, 2.45) is 4.99 Å². The molecule has 1 aromatic rings. The zero-order valence-electron chi connectivity index (χ0n) is 12.5. The van der Waals surface area contributed by atoms with Gasteiger partial charge in [0.25, 0.3) is 0 Å². The van der Waals surface area contributed by atoms with Crippen LogP contribution in [0.25, 0.3) is 0 Å². The summed E-state index contributed by atoms with van der Waals surface area (Å²) in [6, 6.07) is 7.48. The minimum Gasteiger partial charge on any atom is -0.497 e. The molecule has 1 aromatic carbocycles. The number of carbonyl (C=O) groups is 1. The molecule has 0 fully saturated rings. The fourth-order valence-corrected chi connectivity index (χ4v) is 1.74. The van der Waals surface area contributed by atoms with E-state index in [1.165, 1.54) is 0 Å². The molecule has 1 rings (SSSR count). The van der Waals surface area contributed by atoms with Crippen LogP contribution in [0.1, 0.15) is 19.4 Å². The van der Waals surface area contributed by atoms with Gasteiger partial charge in [0.15, 0.2) is 0 Å². The van der Waals surface area contributed by atoms with Gasteiger partial charge in [0.1, 0.15) is 18.1 Å². The van der Waals surface area contributed by atoms with Gasteiger partial charge in [0.05, 0.1) is 13.7 Å². The van der Waals surface area contributed by atoms with Crippen molar-refractivity contribution in [3.8, 4) is 11.9 Å². The number of carbonyl (C=O) groups excluding carboxylic acids is 1. The number of nitriles is 1. The number of benzene rings is 1. The molecule has 6 nitrogen and oxygen atoms in total. The van der Waals surface area contributed by atoms with Crippen molar-refractivity contribution in [3.63, 3.8) is 0 Å². The first-order valence-electron chi connectivity index (χ1n) is 6.57. The summed E-state index contributed by atoms with van der Waals surface area (Å²) in [6.45, 7) is 4.27. The second-order valence-electron chi connectivity index (χ2n) is 4.27. The Kier molecular flexibility index (Phi) is 6.75. The van der Waals surface area contributed by atoms with E-state index in [1.807, 2.05) is 24.3 Å². The van der Waals surface area contributed by atoms with Gasteiger partial charge >= 0.3 is 5.97 Å². The van der Waals surface area contributed by atoms with Gasteiger partial charge in [-0.1, -0.05) is 12.1 Å². The van der Waals surface area contributed by atoms with Gasteiger partial charge in [-0.3, -0.25) is 4.79 Å². The fraction of sp³-hybridized carbons (Fsp3) is 0.400. The van der Waals surface area contributed by atoms with Crippen molar-refractivity contribution in [1.82, 2.24) is 4.90 Å². The molecule has 0 aromatic heterocycles. The Labute approximate surface area is 124 Å². The lowest BCUT2D eigenvalue weighted by molar-refractivity contribution is -0.143. The van der Waals surface area contributed by atoms with E-state index in [1.54, 1.807) is 32.1 Å². The maximum absolute atomic E-state index is 11.6. The summed E-state index contributed by atoms with van der Waals surface area (Å²) in [5.41, 5.74) is 0.979. The van der Waals surface area contributed by atoms with Crippen LogP contribution in [-0.4, -0.2) is 37.0 Å². The second-order valence-corrected chi connectivity index (χ2v) is 4.27. The van der Waals surface area contributed by atoms with Crippen molar-refractivity contribution in [1.29, 1.82) is 5.26 Å². The molecule has 112 valence electrons. The molecule has 0 aliphatic rings. The quantitative estimate of drug-likeness (QED) is 0.346. The highest BCUT2D eigenvalue weighted by Crippen LogP contribution is 2.13. The van der Waals surface area contributed by atoms with Crippen LogP contribution in [0.2, 0.25) is 0 Å². The van der Waals surface area contributed by atoms with E-state index in [-0.39, 0.29) is 12.5 Å². The van der Waals surface area contributed by atoms with Gasteiger partial charge in [-0.15, -0.1) is 0 Å². The minimum atomic E-state index is -0.349. The topological polar surface area (TPSA) is 74.9 Å². The van der Waals surface area contributed by atoms with Crippen LogP contribution in [0, 0.1) is 11.5 Å². The van der Waals surface area contributed by atoms with Crippen molar-refractivity contribution in [2.45, 2.75) is 20.4 Å². The molecule has 0 aliphatic carbocycles. The first-order valence-corrected chi connectivity index (χ1v) is 6.57. The monoisotopic (exact) mass is 289 g/mol. The van der Waals surface area contributed by atoms with Crippen LogP contribution in [-0.2, 0) is 16.1 Å². The number of ether oxygens (including phenoxy) is 2. The molecular weight excluding hydrogens is 270 g/mol. The van der Waals surface area contributed by atoms with E-state index in [9.17, 15) is 4.79 Å². The summed E-state index contributed by atoms with van der Waals surface area (Å²) in [6.07, 6.45) is 1.73.